The van der Waals surface area contributed by atoms with Crippen molar-refractivity contribution in [3.05, 3.63) is 29.8 Å². The Morgan fingerprint density at radius 3 is 1.94 bits per heavy atom. The lowest BCUT2D eigenvalue weighted by atomic mass is 10.1. The van der Waals surface area contributed by atoms with Gasteiger partial charge >= 0.3 is 6.18 Å². The van der Waals surface area contributed by atoms with Crippen molar-refractivity contribution in [1.29, 1.82) is 0 Å². The van der Waals surface area contributed by atoms with Gasteiger partial charge in [-0.3, -0.25) is 0 Å². The van der Waals surface area contributed by atoms with Crippen molar-refractivity contribution >= 4 is 11.8 Å². The standard InChI is InChI=1S/C10H10F5NS/c11-9(12,5-16)7-1-3-8(4-2-7)17-6-10(13,14)15/h1-4H,5-6,16H2. The van der Waals surface area contributed by atoms with Crippen molar-refractivity contribution in [3.63, 3.8) is 0 Å². The highest BCUT2D eigenvalue weighted by molar-refractivity contribution is 7.99. The van der Waals surface area contributed by atoms with E-state index < -0.39 is 24.4 Å². The summed E-state index contributed by atoms with van der Waals surface area (Å²) in [6.07, 6.45) is -4.27. The van der Waals surface area contributed by atoms with Gasteiger partial charge in [0, 0.05) is 10.5 Å². The van der Waals surface area contributed by atoms with Gasteiger partial charge in [0.25, 0.3) is 5.92 Å². The first-order valence-corrected chi connectivity index (χ1v) is 5.61. The summed E-state index contributed by atoms with van der Waals surface area (Å²) in [7, 11) is 0. The Morgan fingerprint density at radius 1 is 1.00 bits per heavy atom. The van der Waals surface area contributed by atoms with Gasteiger partial charge in [0.05, 0.1) is 12.3 Å². The summed E-state index contributed by atoms with van der Waals surface area (Å²) in [6.45, 7) is -0.831. The highest BCUT2D eigenvalue weighted by atomic mass is 32.2. The number of thioether (sulfide) groups is 1. The Morgan fingerprint density at radius 2 is 1.53 bits per heavy atom. The fraction of sp³-hybridized carbons (Fsp3) is 0.400. The SMILES string of the molecule is NCC(F)(F)c1ccc(SCC(F)(F)F)cc1. The molecule has 0 radical (unpaired) electrons. The van der Waals surface area contributed by atoms with E-state index in [2.05, 4.69) is 0 Å². The van der Waals surface area contributed by atoms with E-state index in [-0.39, 0.29) is 5.56 Å². The van der Waals surface area contributed by atoms with E-state index in [1.807, 2.05) is 0 Å². The van der Waals surface area contributed by atoms with Crippen LogP contribution in [0.4, 0.5) is 22.0 Å². The maximum atomic E-state index is 13.1. The van der Waals surface area contributed by atoms with Crippen LogP contribution in [0.25, 0.3) is 0 Å². The van der Waals surface area contributed by atoms with Crippen molar-refractivity contribution in [2.24, 2.45) is 5.73 Å². The Balaban J connectivity index is 2.69. The number of nitrogens with two attached hydrogens (primary N) is 1. The highest BCUT2D eigenvalue weighted by Crippen LogP contribution is 2.31. The minimum atomic E-state index is -4.27. The van der Waals surface area contributed by atoms with Gasteiger partial charge in [-0.15, -0.1) is 11.8 Å². The third-order valence-corrected chi connectivity index (χ3v) is 3.01. The monoisotopic (exact) mass is 271 g/mol. The van der Waals surface area contributed by atoms with E-state index in [0.29, 0.717) is 16.7 Å². The maximum absolute atomic E-state index is 13.1. The number of halogens is 5. The minimum absolute atomic E-state index is 0.291. The van der Waals surface area contributed by atoms with Crippen LogP contribution in [0.15, 0.2) is 29.2 Å². The lowest BCUT2D eigenvalue weighted by Crippen LogP contribution is -2.24. The van der Waals surface area contributed by atoms with Crippen LogP contribution in [-0.2, 0) is 5.92 Å². The molecule has 17 heavy (non-hydrogen) atoms. The maximum Gasteiger partial charge on any atom is 0.398 e. The van der Waals surface area contributed by atoms with Gasteiger partial charge in [0.2, 0.25) is 0 Å². The summed E-state index contributed by atoms with van der Waals surface area (Å²) in [4.78, 5) is 0.291. The first-order chi connectivity index (χ1) is 7.74. The van der Waals surface area contributed by atoms with E-state index >= 15 is 0 Å². The molecule has 0 saturated heterocycles. The van der Waals surface area contributed by atoms with Gasteiger partial charge < -0.3 is 5.73 Å². The Bertz CT molecular complexity index is 360. The third-order valence-electron chi connectivity index (χ3n) is 1.94. The highest BCUT2D eigenvalue weighted by Gasteiger charge is 2.30. The molecule has 1 nitrogen and oxygen atoms in total. The summed E-state index contributed by atoms with van der Waals surface area (Å²) in [5.74, 6) is -4.19. The molecule has 0 amide bonds. The van der Waals surface area contributed by atoms with Gasteiger partial charge in [-0.2, -0.15) is 22.0 Å². The second-order valence-electron chi connectivity index (χ2n) is 3.34. The number of rotatable bonds is 4. The molecular formula is C10H10F5NS. The van der Waals surface area contributed by atoms with E-state index in [9.17, 15) is 22.0 Å². The van der Waals surface area contributed by atoms with Crippen LogP contribution in [0.1, 0.15) is 5.56 Å². The molecule has 1 rings (SSSR count). The number of hydrogen-bond donors (Lipinski definition) is 1. The van der Waals surface area contributed by atoms with Gasteiger partial charge in [-0.25, -0.2) is 0 Å². The van der Waals surface area contributed by atoms with E-state index in [4.69, 9.17) is 5.73 Å². The molecular weight excluding hydrogens is 261 g/mol. The first-order valence-electron chi connectivity index (χ1n) is 4.62. The van der Waals surface area contributed by atoms with Crippen molar-refractivity contribution in [2.75, 3.05) is 12.3 Å². The second kappa shape index (κ2) is 5.22. The van der Waals surface area contributed by atoms with Crippen LogP contribution in [0.2, 0.25) is 0 Å². The molecule has 1 aromatic rings. The number of alkyl halides is 5. The topological polar surface area (TPSA) is 26.0 Å². The average molecular weight is 271 g/mol. The molecule has 2 N–H and O–H groups in total. The van der Waals surface area contributed by atoms with Gasteiger partial charge in [-0.1, -0.05) is 12.1 Å². The van der Waals surface area contributed by atoms with Gasteiger partial charge in [-0.05, 0) is 12.1 Å². The fourth-order valence-electron chi connectivity index (χ4n) is 1.08. The average Bonchev–Trinajstić information content (AvgIpc) is 2.26. The zero-order chi connectivity index (χ0) is 13.1. The van der Waals surface area contributed by atoms with Gasteiger partial charge in [0.15, 0.2) is 0 Å². The molecule has 0 aliphatic rings. The largest absolute Gasteiger partial charge is 0.398 e. The molecule has 0 saturated carbocycles. The molecule has 7 heteroatoms. The summed E-state index contributed by atoms with van der Waals surface area (Å²) >= 11 is 0.553. The van der Waals surface area contributed by atoms with Crippen LogP contribution in [0.3, 0.4) is 0 Å². The lowest BCUT2D eigenvalue weighted by molar-refractivity contribution is -0.105. The number of benzene rings is 1. The zero-order valence-corrected chi connectivity index (χ0v) is 9.42. The molecule has 0 aliphatic heterocycles. The Hall–Kier alpha value is -0.820. The first kappa shape index (κ1) is 14.2. The summed E-state index contributed by atoms with van der Waals surface area (Å²) < 4.78 is 61.9. The van der Waals surface area contributed by atoms with E-state index in [1.54, 1.807) is 0 Å². The molecule has 0 aromatic heterocycles. The van der Waals surface area contributed by atoms with Crippen LogP contribution >= 0.6 is 11.8 Å². The molecule has 0 spiro atoms. The molecule has 0 aliphatic carbocycles. The normalized spacial score (nSPS) is 12.8. The molecule has 96 valence electrons. The minimum Gasteiger partial charge on any atom is -0.325 e. The zero-order valence-electron chi connectivity index (χ0n) is 8.60. The van der Waals surface area contributed by atoms with Crippen LogP contribution in [0.5, 0.6) is 0 Å². The molecule has 0 fully saturated rings. The fourth-order valence-corrected chi connectivity index (χ4v) is 1.74. The van der Waals surface area contributed by atoms with Gasteiger partial charge in [0.1, 0.15) is 0 Å². The van der Waals surface area contributed by atoms with E-state index in [1.165, 1.54) is 12.1 Å². The quantitative estimate of drug-likeness (QED) is 0.671. The Kier molecular flexibility index (Phi) is 4.37. The smallest absolute Gasteiger partial charge is 0.325 e. The molecule has 0 heterocycles. The van der Waals surface area contributed by atoms with E-state index in [0.717, 1.165) is 12.1 Å². The second-order valence-corrected chi connectivity index (χ2v) is 4.39. The van der Waals surface area contributed by atoms with Crippen LogP contribution in [-0.4, -0.2) is 18.5 Å². The van der Waals surface area contributed by atoms with Crippen molar-refractivity contribution in [1.82, 2.24) is 0 Å². The number of hydrogen-bond acceptors (Lipinski definition) is 2. The molecule has 0 atom stereocenters. The summed E-state index contributed by atoms with van der Waals surface area (Å²) in [5.41, 5.74) is 4.59. The lowest BCUT2D eigenvalue weighted by Gasteiger charge is -2.14. The van der Waals surface area contributed by atoms with Crippen molar-refractivity contribution in [2.45, 2.75) is 17.0 Å². The van der Waals surface area contributed by atoms with Crippen LogP contribution < -0.4 is 5.73 Å². The molecule has 0 bridgehead atoms. The summed E-state index contributed by atoms with van der Waals surface area (Å²) in [5, 5.41) is 0. The van der Waals surface area contributed by atoms with Crippen LogP contribution in [0, 0.1) is 0 Å². The predicted octanol–water partition coefficient (Wildman–Crippen LogP) is 3.39. The van der Waals surface area contributed by atoms with Crippen molar-refractivity contribution in [3.8, 4) is 0 Å². The third kappa shape index (κ3) is 4.51. The predicted molar refractivity (Wildman–Crippen MR) is 56.2 cm³/mol. The summed E-state index contributed by atoms with van der Waals surface area (Å²) in [6, 6.07) is 4.64. The molecule has 0 unspecified atom stereocenters. The molecule has 1 aromatic carbocycles. The Labute approximate surface area is 99.2 Å². The van der Waals surface area contributed by atoms with Crippen molar-refractivity contribution < 1.29 is 22.0 Å².